The van der Waals surface area contributed by atoms with Crippen molar-refractivity contribution in [1.29, 1.82) is 0 Å². The van der Waals surface area contributed by atoms with Crippen LogP contribution in [0.3, 0.4) is 0 Å². The molecule has 0 N–H and O–H groups in total. The van der Waals surface area contributed by atoms with E-state index in [1.165, 1.54) is 6.40 Å². The van der Waals surface area contributed by atoms with E-state index in [0.29, 0.717) is 18.2 Å². The van der Waals surface area contributed by atoms with Gasteiger partial charge in [0.25, 0.3) is 0 Å². The number of rotatable bonds is 3. The molecule has 0 bridgehead atoms. The number of hydrogen-bond donors (Lipinski definition) is 0. The Balaban J connectivity index is 2.27. The lowest BCUT2D eigenvalue weighted by molar-refractivity contribution is -0.141. The summed E-state index contributed by atoms with van der Waals surface area (Å²) >= 11 is 0. The van der Waals surface area contributed by atoms with Gasteiger partial charge in [0.2, 0.25) is 0 Å². The minimum atomic E-state index is -4.69. The predicted molar refractivity (Wildman–Crippen MR) is 63.0 cm³/mol. The normalized spacial score (nSPS) is 18.9. The van der Waals surface area contributed by atoms with E-state index < -0.39 is 23.5 Å². The van der Waals surface area contributed by atoms with E-state index in [2.05, 4.69) is 4.99 Å². The first kappa shape index (κ1) is 15.7. The van der Waals surface area contributed by atoms with Crippen molar-refractivity contribution in [2.75, 3.05) is 6.61 Å². The summed E-state index contributed by atoms with van der Waals surface area (Å²) in [4.78, 5) is 3.86. The van der Waals surface area contributed by atoms with Crippen LogP contribution in [0.25, 0.3) is 0 Å². The molecule has 0 spiro atoms. The molecule has 0 amide bonds. The van der Waals surface area contributed by atoms with Gasteiger partial charge in [-0.25, -0.2) is 0 Å². The first-order chi connectivity index (χ1) is 9.68. The second-order valence-electron chi connectivity index (χ2n) is 4.65. The maximum Gasteiger partial charge on any atom is 0.416 e. The van der Waals surface area contributed by atoms with Crippen molar-refractivity contribution in [2.45, 2.75) is 31.2 Å². The van der Waals surface area contributed by atoms with E-state index >= 15 is 0 Å². The van der Waals surface area contributed by atoms with Crippen molar-refractivity contribution in [3.05, 3.63) is 34.9 Å². The van der Waals surface area contributed by atoms with Gasteiger partial charge < -0.3 is 4.74 Å². The summed E-state index contributed by atoms with van der Waals surface area (Å²) in [6.07, 6.45) is -8.12. The van der Waals surface area contributed by atoms with Crippen molar-refractivity contribution in [2.24, 2.45) is 4.99 Å². The van der Waals surface area contributed by atoms with Gasteiger partial charge in [-0.1, -0.05) is 0 Å². The lowest BCUT2D eigenvalue weighted by Crippen LogP contribution is -2.15. The molecule has 0 fully saturated rings. The van der Waals surface area contributed by atoms with Crippen LogP contribution >= 0.6 is 0 Å². The van der Waals surface area contributed by atoms with Crippen molar-refractivity contribution >= 4 is 6.40 Å². The van der Waals surface area contributed by atoms with Crippen molar-refractivity contribution < 1.29 is 31.1 Å². The SMILES string of the molecule is FC(F)(F)c1ccc(C(F)(F)F)c(CCC2COC=N2)c1. The highest BCUT2D eigenvalue weighted by Crippen LogP contribution is 2.37. The van der Waals surface area contributed by atoms with Gasteiger partial charge in [0.15, 0.2) is 6.40 Å². The Kier molecular flexibility index (Phi) is 4.15. The molecular weight excluding hydrogens is 300 g/mol. The molecule has 1 unspecified atom stereocenters. The molecule has 2 nitrogen and oxygen atoms in total. The summed E-state index contributed by atoms with van der Waals surface area (Å²) in [6.45, 7) is 0.236. The molecule has 1 aromatic carbocycles. The lowest BCUT2D eigenvalue weighted by Gasteiger charge is -2.16. The third-order valence-corrected chi connectivity index (χ3v) is 3.12. The van der Waals surface area contributed by atoms with Crippen LogP contribution in [0.1, 0.15) is 23.1 Å². The zero-order valence-corrected chi connectivity index (χ0v) is 10.6. The molecule has 116 valence electrons. The highest BCUT2D eigenvalue weighted by atomic mass is 19.4. The number of nitrogens with zero attached hydrogens (tertiary/aromatic N) is 1. The van der Waals surface area contributed by atoms with Crippen molar-refractivity contribution in [3.63, 3.8) is 0 Å². The molecule has 2 rings (SSSR count). The molecule has 1 aliphatic heterocycles. The smallest absolute Gasteiger partial charge is 0.416 e. The zero-order chi connectivity index (χ0) is 15.7. The van der Waals surface area contributed by atoms with Gasteiger partial charge in [0.05, 0.1) is 17.2 Å². The summed E-state index contributed by atoms with van der Waals surface area (Å²) in [5, 5.41) is 0. The van der Waals surface area contributed by atoms with Crippen molar-refractivity contribution in [3.8, 4) is 0 Å². The van der Waals surface area contributed by atoms with Gasteiger partial charge in [0, 0.05) is 0 Å². The Bertz CT molecular complexity index is 534. The van der Waals surface area contributed by atoms with E-state index in [9.17, 15) is 26.3 Å². The summed E-state index contributed by atoms with van der Waals surface area (Å²) in [5.74, 6) is 0. The average Bonchev–Trinajstić information content (AvgIpc) is 2.86. The number of alkyl halides is 6. The van der Waals surface area contributed by atoms with Crippen LogP contribution in [0.15, 0.2) is 23.2 Å². The quantitative estimate of drug-likeness (QED) is 0.771. The second-order valence-corrected chi connectivity index (χ2v) is 4.65. The highest BCUT2D eigenvalue weighted by molar-refractivity contribution is 5.49. The minimum absolute atomic E-state index is 0.149. The van der Waals surface area contributed by atoms with Crippen LogP contribution in [0.2, 0.25) is 0 Å². The molecule has 1 heterocycles. The van der Waals surface area contributed by atoms with Crippen LogP contribution < -0.4 is 0 Å². The minimum Gasteiger partial charge on any atom is -0.481 e. The predicted octanol–water partition coefficient (Wildman–Crippen LogP) is 4.08. The van der Waals surface area contributed by atoms with E-state index in [1.807, 2.05) is 0 Å². The van der Waals surface area contributed by atoms with Gasteiger partial charge in [0.1, 0.15) is 6.61 Å². The third kappa shape index (κ3) is 3.89. The number of hydrogen-bond acceptors (Lipinski definition) is 2. The van der Waals surface area contributed by atoms with Crippen LogP contribution in [0, 0.1) is 0 Å². The fourth-order valence-electron chi connectivity index (χ4n) is 2.06. The number of aryl methyl sites for hydroxylation is 1. The Morgan fingerprint density at radius 1 is 1.10 bits per heavy atom. The summed E-state index contributed by atoms with van der Waals surface area (Å²) in [6, 6.07) is 1.17. The van der Waals surface area contributed by atoms with Crippen LogP contribution in [0.4, 0.5) is 26.3 Å². The first-order valence-electron chi connectivity index (χ1n) is 6.08. The van der Waals surface area contributed by atoms with Gasteiger partial charge in [-0.3, -0.25) is 4.99 Å². The Hall–Kier alpha value is -1.73. The van der Waals surface area contributed by atoms with Gasteiger partial charge in [-0.05, 0) is 36.6 Å². The molecule has 1 aromatic rings. The van der Waals surface area contributed by atoms with E-state index in [4.69, 9.17) is 4.74 Å². The van der Waals surface area contributed by atoms with E-state index in [1.54, 1.807) is 0 Å². The topological polar surface area (TPSA) is 21.6 Å². The largest absolute Gasteiger partial charge is 0.481 e. The molecule has 0 aliphatic carbocycles. The molecule has 0 aromatic heterocycles. The van der Waals surface area contributed by atoms with Crippen LogP contribution in [0.5, 0.6) is 0 Å². The first-order valence-corrected chi connectivity index (χ1v) is 6.08. The Morgan fingerprint density at radius 2 is 1.81 bits per heavy atom. The lowest BCUT2D eigenvalue weighted by atomic mass is 9.97. The van der Waals surface area contributed by atoms with Crippen LogP contribution in [-0.4, -0.2) is 19.0 Å². The summed E-state index contributed by atoms with van der Waals surface area (Å²) in [7, 11) is 0. The molecule has 0 saturated carbocycles. The maximum absolute atomic E-state index is 12.8. The number of benzene rings is 1. The Morgan fingerprint density at radius 3 is 2.33 bits per heavy atom. The molecule has 8 heteroatoms. The van der Waals surface area contributed by atoms with Gasteiger partial charge >= 0.3 is 12.4 Å². The third-order valence-electron chi connectivity index (χ3n) is 3.12. The van der Waals surface area contributed by atoms with E-state index in [-0.39, 0.29) is 31.1 Å². The molecule has 21 heavy (non-hydrogen) atoms. The molecule has 0 saturated heterocycles. The summed E-state index contributed by atoms with van der Waals surface area (Å²) in [5.41, 5.74) is -2.51. The maximum atomic E-state index is 12.8. The standard InChI is InChI=1S/C13H11F6NO/c14-12(15,16)9-2-4-11(13(17,18)19)8(5-9)1-3-10-6-21-7-20-10/h2,4-5,7,10H,1,3,6H2. The fraction of sp³-hybridized carbons (Fsp3) is 0.462. The summed E-state index contributed by atoms with van der Waals surface area (Å²) < 4.78 is 81.2. The van der Waals surface area contributed by atoms with E-state index in [0.717, 1.165) is 0 Å². The average molecular weight is 311 g/mol. The molecular formula is C13H11F6NO. The van der Waals surface area contributed by atoms with Gasteiger partial charge in [-0.15, -0.1) is 0 Å². The second kappa shape index (κ2) is 5.57. The monoisotopic (exact) mass is 311 g/mol. The number of aliphatic imine (C=N–C) groups is 1. The molecule has 0 radical (unpaired) electrons. The molecule has 1 atom stereocenters. The highest BCUT2D eigenvalue weighted by Gasteiger charge is 2.36. The van der Waals surface area contributed by atoms with Gasteiger partial charge in [-0.2, -0.15) is 26.3 Å². The Labute approximate surface area is 116 Å². The fourth-order valence-corrected chi connectivity index (χ4v) is 2.06. The zero-order valence-electron chi connectivity index (χ0n) is 10.6. The number of ether oxygens (including phenoxy) is 1. The van der Waals surface area contributed by atoms with Crippen LogP contribution in [-0.2, 0) is 23.5 Å². The number of halogens is 6. The molecule has 1 aliphatic rings. The van der Waals surface area contributed by atoms with Crippen molar-refractivity contribution in [1.82, 2.24) is 0 Å².